The number of hydrogen-bond donors (Lipinski definition) is 1. The van der Waals surface area contributed by atoms with E-state index in [2.05, 4.69) is 24.7 Å². The van der Waals surface area contributed by atoms with Crippen LogP contribution < -0.4 is 5.32 Å². The highest BCUT2D eigenvalue weighted by Crippen LogP contribution is 2.41. The lowest BCUT2D eigenvalue weighted by molar-refractivity contribution is 0.0138. The maximum atomic E-state index is 12.3. The number of piperazine rings is 3. The van der Waals surface area contributed by atoms with Gasteiger partial charge in [-0.05, 0) is 24.4 Å². The molecule has 3 aliphatic heterocycles. The Morgan fingerprint density at radius 1 is 1.30 bits per heavy atom. The second kappa shape index (κ2) is 5.05. The van der Waals surface area contributed by atoms with E-state index in [1.807, 2.05) is 0 Å². The number of fused-ring (bicyclic) bond motifs is 3. The van der Waals surface area contributed by atoms with E-state index in [9.17, 15) is 4.79 Å². The minimum absolute atomic E-state index is 0.0135. The molecule has 1 amide bonds. The molecular weight excluding hydrogens is 274 g/mol. The summed E-state index contributed by atoms with van der Waals surface area (Å²) in [5.74, 6) is 0.495. The van der Waals surface area contributed by atoms with E-state index in [-0.39, 0.29) is 5.91 Å². The molecule has 1 aliphatic carbocycles. The zero-order valence-corrected chi connectivity index (χ0v) is 12.2. The summed E-state index contributed by atoms with van der Waals surface area (Å²) in [5, 5.41) is 7.21. The van der Waals surface area contributed by atoms with Gasteiger partial charge in [-0.2, -0.15) is 0 Å². The summed E-state index contributed by atoms with van der Waals surface area (Å²) in [4.78, 5) is 18.0. The quantitative estimate of drug-likeness (QED) is 0.856. The summed E-state index contributed by atoms with van der Waals surface area (Å²) in [6.45, 7) is 6.43. The second-order valence-corrected chi connectivity index (χ2v) is 6.72. The minimum atomic E-state index is 0.0135. The van der Waals surface area contributed by atoms with Gasteiger partial charge >= 0.3 is 0 Å². The number of amides is 1. The van der Waals surface area contributed by atoms with Crippen molar-refractivity contribution in [3.05, 3.63) is 10.6 Å². The number of hydrogen-bond acceptors (Lipinski definition) is 6. The van der Waals surface area contributed by atoms with Crippen LogP contribution in [0.4, 0.5) is 0 Å². The van der Waals surface area contributed by atoms with Gasteiger partial charge in [-0.25, -0.2) is 0 Å². The molecule has 4 aliphatic rings. The van der Waals surface area contributed by atoms with Gasteiger partial charge in [-0.3, -0.25) is 14.6 Å². The average molecular weight is 293 g/mol. The fraction of sp³-hybridized carbons (Fsp3) is 0.769. The standard InChI is InChI=1S/C13H19N5OS/c19-13(12-11(9-1-2-9)15-16-20-12)14-7-10-8-17-3-5-18(10)6-4-17/h9-10H,1-8H2,(H,14,19). The third kappa shape index (κ3) is 2.34. The lowest BCUT2D eigenvalue weighted by Gasteiger charge is -2.47. The van der Waals surface area contributed by atoms with Gasteiger partial charge in [-0.1, -0.05) is 4.49 Å². The van der Waals surface area contributed by atoms with Crippen molar-refractivity contribution in [3.63, 3.8) is 0 Å². The molecule has 0 spiro atoms. The largest absolute Gasteiger partial charge is 0.350 e. The van der Waals surface area contributed by atoms with Gasteiger partial charge in [0, 0.05) is 51.2 Å². The average Bonchev–Trinajstić information content (AvgIpc) is 3.23. The molecule has 6 nitrogen and oxygen atoms in total. The summed E-state index contributed by atoms with van der Waals surface area (Å²) < 4.78 is 3.95. The first-order valence-electron chi connectivity index (χ1n) is 7.38. The van der Waals surface area contributed by atoms with Crippen LogP contribution in [0, 0.1) is 0 Å². The Kier molecular flexibility index (Phi) is 3.20. The first-order valence-corrected chi connectivity index (χ1v) is 8.15. The Morgan fingerprint density at radius 2 is 2.10 bits per heavy atom. The number of aromatic nitrogens is 2. The molecule has 4 heterocycles. The van der Waals surface area contributed by atoms with Crippen LogP contribution in [-0.4, -0.2) is 70.6 Å². The van der Waals surface area contributed by atoms with Crippen LogP contribution in [0.15, 0.2) is 0 Å². The topological polar surface area (TPSA) is 61.4 Å². The van der Waals surface area contributed by atoms with E-state index in [1.54, 1.807) is 0 Å². The van der Waals surface area contributed by atoms with Crippen molar-refractivity contribution < 1.29 is 4.79 Å². The fourth-order valence-corrected chi connectivity index (χ4v) is 3.85. The summed E-state index contributed by atoms with van der Waals surface area (Å²) in [6.07, 6.45) is 2.30. The van der Waals surface area contributed by atoms with Crippen LogP contribution in [0.3, 0.4) is 0 Å². The molecule has 2 bridgehead atoms. The molecule has 7 heteroatoms. The number of rotatable bonds is 4. The van der Waals surface area contributed by atoms with Crippen LogP contribution in [0.2, 0.25) is 0 Å². The predicted molar refractivity (Wildman–Crippen MR) is 76.0 cm³/mol. The maximum absolute atomic E-state index is 12.3. The SMILES string of the molecule is O=C(NCC1CN2CCN1CC2)c1snnc1C1CC1. The maximum Gasteiger partial charge on any atom is 0.265 e. The highest BCUT2D eigenvalue weighted by molar-refractivity contribution is 7.08. The van der Waals surface area contributed by atoms with E-state index < -0.39 is 0 Å². The van der Waals surface area contributed by atoms with Gasteiger partial charge < -0.3 is 5.32 Å². The van der Waals surface area contributed by atoms with Gasteiger partial charge in [0.2, 0.25) is 0 Å². The highest BCUT2D eigenvalue weighted by Gasteiger charge is 2.34. The molecule has 1 N–H and O–H groups in total. The van der Waals surface area contributed by atoms with Gasteiger partial charge in [0.25, 0.3) is 5.91 Å². The third-order valence-corrected chi connectivity index (χ3v) is 5.31. The van der Waals surface area contributed by atoms with Gasteiger partial charge in [0.1, 0.15) is 4.88 Å². The Balaban J connectivity index is 1.37. The first kappa shape index (κ1) is 12.7. The smallest absolute Gasteiger partial charge is 0.265 e. The van der Waals surface area contributed by atoms with Crippen molar-refractivity contribution in [2.45, 2.75) is 24.8 Å². The minimum Gasteiger partial charge on any atom is -0.350 e. The molecule has 0 radical (unpaired) electrons. The van der Waals surface area contributed by atoms with Gasteiger partial charge in [-0.15, -0.1) is 5.10 Å². The van der Waals surface area contributed by atoms with Crippen molar-refractivity contribution in [3.8, 4) is 0 Å². The van der Waals surface area contributed by atoms with E-state index in [0.29, 0.717) is 12.0 Å². The molecule has 4 fully saturated rings. The summed E-state index contributed by atoms with van der Waals surface area (Å²) in [5.41, 5.74) is 0.918. The Bertz CT molecular complexity index is 507. The summed E-state index contributed by atoms with van der Waals surface area (Å²) in [7, 11) is 0. The highest BCUT2D eigenvalue weighted by atomic mass is 32.1. The predicted octanol–water partition coefficient (Wildman–Crippen LogP) is 0.145. The fourth-order valence-electron chi connectivity index (χ4n) is 3.19. The van der Waals surface area contributed by atoms with Crippen molar-refractivity contribution in [2.24, 2.45) is 0 Å². The zero-order chi connectivity index (χ0) is 13.5. The van der Waals surface area contributed by atoms with Crippen molar-refractivity contribution >= 4 is 17.4 Å². The molecule has 1 saturated carbocycles. The second-order valence-electron chi connectivity index (χ2n) is 5.96. The van der Waals surface area contributed by atoms with Gasteiger partial charge in [0.05, 0.1) is 5.69 Å². The van der Waals surface area contributed by atoms with Crippen LogP contribution >= 0.6 is 11.5 Å². The lowest BCUT2D eigenvalue weighted by atomic mass is 10.1. The lowest BCUT2D eigenvalue weighted by Crippen LogP contribution is -2.63. The summed E-state index contributed by atoms with van der Waals surface area (Å²) in [6, 6.07) is 0.465. The summed E-state index contributed by atoms with van der Waals surface area (Å²) >= 11 is 1.23. The van der Waals surface area contributed by atoms with Crippen molar-refractivity contribution in [1.29, 1.82) is 0 Å². The van der Waals surface area contributed by atoms with Gasteiger partial charge in [0.15, 0.2) is 0 Å². The van der Waals surface area contributed by atoms with E-state index >= 15 is 0 Å². The Labute approximate surface area is 122 Å². The third-order valence-electron chi connectivity index (χ3n) is 4.57. The van der Waals surface area contributed by atoms with Crippen molar-refractivity contribution in [1.82, 2.24) is 24.7 Å². The van der Waals surface area contributed by atoms with Crippen LogP contribution in [-0.2, 0) is 0 Å². The molecule has 0 aromatic carbocycles. The Morgan fingerprint density at radius 3 is 2.75 bits per heavy atom. The molecule has 1 unspecified atom stereocenters. The van der Waals surface area contributed by atoms with Crippen LogP contribution in [0.25, 0.3) is 0 Å². The number of nitrogens with zero attached hydrogens (tertiary/aromatic N) is 4. The monoisotopic (exact) mass is 293 g/mol. The zero-order valence-electron chi connectivity index (χ0n) is 11.4. The molecule has 20 heavy (non-hydrogen) atoms. The molecule has 1 atom stereocenters. The molecule has 1 aromatic rings. The molecule has 3 saturated heterocycles. The van der Waals surface area contributed by atoms with E-state index in [0.717, 1.165) is 49.6 Å². The molecular formula is C13H19N5OS. The number of carbonyl (C=O) groups is 1. The molecule has 5 rings (SSSR count). The van der Waals surface area contributed by atoms with E-state index in [4.69, 9.17) is 0 Å². The normalized spacial score (nSPS) is 32.3. The number of carbonyl (C=O) groups excluding carboxylic acids is 1. The van der Waals surface area contributed by atoms with Crippen molar-refractivity contribution in [2.75, 3.05) is 39.3 Å². The Hall–Kier alpha value is -1.05. The number of nitrogens with one attached hydrogen (secondary N) is 1. The van der Waals surface area contributed by atoms with E-state index in [1.165, 1.54) is 24.6 Å². The van der Waals surface area contributed by atoms with Crippen LogP contribution in [0.1, 0.15) is 34.1 Å². The first-order chi connectivity index (χ1) is 9.81. The molecule has 1 aromatic heterocycles. The molecule has 108 valence electrons. The van der Waals surface area contributed by atoms with Crippen LogP contribution in [0.5, 0.6) is 0 Å².